The summed E-state index contributed by atoms with van der Waals surface area (Å²) >= 11 is 0. The molecule has 0 atom stereocenters. The maximum Gasteiger partial charge on any atom is 0.0892 e. The van der Waals surface area contributed by atoms with E-state index in [1.165, 1.54) is 24.1 Å². The van der Waals surface area contributed by atoms with Crippen molar-refractivity contribution < 1.29 is 0 Å². The molecule has 0 N–H and O–H groups in total. The maximum atomic E-state index is 4.49. The third-order valence-electron chi connectivity index (χ3n) is 5.75. The van der Waals surface area contributed by atoms with Crippen LogP contribution in [0.25, 0.3) is 29.6 Å². The van der Waals surface area contributed by atoms with Crippen molar-refractivity contribution in [2.24, 2.45) is 11.8 Å². The zero-order chi connectivity index (χ0) is 23.6. The van der Waals surface area contributed by atoms with Crippen LogP contribution in [-0.2, 0) is 0 Å². The molecular weight excluding hydrogens is 402 g/mol. The molecule has 0 saturated carbocycles. The highest BCUT2D eigenvalue weighted by Gasteiger charge is 2.09. The number of hydrogen-bond donors (Lipinski definition) is 0. The number of rotatable bonds is 11. The standard InChI is InChI=1S/C30H37N3/c1-6-25-13-17-31-29(21-25)30-22-27(14-18-32-30)8-7-26-9-11-28(12-10-26)33(19-15-23(2)3)20-16-24(4)5/h6-14,17-18,21-24H,1,15-16,19-20H2,2-5H3/b8-7+. The molecule has 0 unspecified atom stereocenters. The highest BCUT2D eigenvalue weighted by atomic mass is 15.1. The summed E-state index contributed by atoms with van der Waals surface area (Å²) in [5.41, 5.74) is 6.37. The molecular formula is C30H37N3. The molecule has 3 heteroatoms. The second-order valence-electron chi connectivity index (χ2n) is 9.43. The molecule has 1 aromatic carbocycles. The summed E-state index contributed by atoms with van der Waals surface area (Å²) in [5.74, 6) is 1.43. The lowest BCUT2D eigenvalue weighted by molar-refractivity contribution is 0.535. The molecule has 0 amide bonds. The molecule has 172 valence electrons. The van der Waals surface area contributed by atoms with Crippen LogP contribution < -0.4 is 4.90 Å². The van der Waals surface area contributed by atoms with E-state index in [4.69, 9.17) is 0 Å². The number of pyridine rings is 2. The highest BCUT2D eigenvalue weighted by Crippen LogP contribution is 2.21. The Bertz CT molecular complexity index is 1040. The lowest BCUT2D eigenvalue weighted by atomic mass is 10.1. The van der Waals surface area contributed by atoms with E-state index in [9.17, 15) is 0 Å². The van der Waals surface area contributed by atoms with Gasteiger partial charge in [-0.3, -0.25) is 9.97 Å². The Morgan fingerprint density at radius 3 is 1.79 bits per heavy atom. The monoisotopic (exact) mass is 439 g/mol. The molecule has 0 aliphatic carbocycles. The van der Waals surface area contributed by atoms with Gasteiger partial charge in [0.25, 0.3) is 0 Å². The first-order valence-electron chi connectivity index (χ1n) is 12.0. The van der Waals surface area contributed by atoms with Crippen molar-refractivity contribution in [3.8, 4) is 11.4 Å². The summed E-state index contributed by atoms with van der Waals surface area (Å²) in [4.78, 5) is 11.5. The minimum atomic E-state index is 0.716. The lowest BCUT2D eigenvalue weighted by Crippen LogP contribution is -2.27. The molecule has 0 bridgehead atoms. The van der Waals surface area contributed by atoms with Crippen molar-refractivity contribution in [1.29, 1.82) is 0 Å². The predicted molar refractivity (Wildman–Crippen MR) is 144 cm³/mol. The number of aromatic nitrogens is 2. The van der Waals surface area contributed by atoms with E-state index >= 15 is 0 Å². The van der Waals surface area contributed by atoms with Crippen molar-refractivity contribution in [2.75, 3.05) is 18.0 Å². The van der Waals surface area contributed by atoms with Crippen LogP contribution in [0.5, 0.6) is 0 Å². The molecule has 0 saturated heterocycles. The minimum absolute atomic E-state index is 0.716. The molecule has 33 heavy (non-hydrogen) atoms. The number of hydrogen-bond acceptors (Lipinski definition) is 3. The van der Waals surface area contributed by atoms with Gasteiger partial charge in [-0.15, -0.1) is 0 Å². The van der Waals surface area contributed by atoms with Gasteiger partial charge in [0.05, 0.1) is 11.4 Å². The fourth-order valence-corrected chi connectivity index (χ4v) is 3.59. The van der Waals surface area contributed by atoms with Crippen LogP contribution in [0, 0.1) is 11.8 Å². The van der Waals surface area contributed by atoms with Crippen LogP contribution in [0.15, 0.2) is 67.5 Å². The van der Waals surface area contributed by atoms with Gasteiger partial charge in [-0.05, 0) is 77.8 Å². The number of nitrogens with zero attached hydrogens (tertiary/aromatic N) is 3. The molecule has 0 radical (unpaired) electrons. The van der Waals surface area contributed by atoms with Gasteiger partial charge >= 0.3 is 0 Å². The summed E-state index contributed by atoms with van der Waals surface area (Å²) in [7, 11) is 0. The Morgan fingerprint density at radius 1 is 0.727 bits per heavy atom. The zero-order valence-corrected chi connectivity index (χ0v) is 20.5. The van der Waals surface area contributed by atoms with Crippen LogP contribution in [0.4, 0.5) is 5.69 Å². The molecule has 3 nitrogen and oxygen atoms in total. The zero-order valence-electron chi connectivity index (χ0n) is 20.5. The van der Waals surface area contributed by atoms with Crippen LogP contribution in [0.2, 0.25) is 0 Å². The Kier molecular flexibility index (Phi) is 9.00. The first-order valence-corrected chi connectivity index (χ1v) is 12.0. The van der Waals surface area contributed by atoms with Crippen molar-refractivity contribution >= 4 is 23.9 Å². The van der Waals surface area contributed by atoms with Gasteiger partial charge < -0.3 is 4.90 Å². The van der Waals surface area contributed by atoms with Crippen LogP contribution in [0.1, 0.15) is 57.2 Å². The van der Waals surface area contributed by atoms with Gasteiger partial charge in [-0.1, -0.05) is 64.6 Å². The molecule has 3 aromatic rings. The lowest BCUT2D eigenvalue weighted by Gasteiger charge is -2.26. The average molecular weight is 440 g/mol. The summed E-state index contributed by atoms with van der Waals surface area (Å²) in [6, 6.07) is 17.0. The number of anilines is 1. The van der Waals surface area contributed by atoms with E-state index in [1.807, 2.05) is 30.5 Å². The largest absolute Gasteiger partial charge is 0.372 e. The van der Waals surface area contributed by atoms with Gasteiger partial charge in [-0.25, -0.2) is 0 Å². The van der Waals surface area contributed by atoms with E-state index in [-0.39, 0.29) is 0 Å². The molecule has 0 fully saturated rings. The molecule has 0 spiro atoms. The average Bonchev–Trinajstić information content (AvgIpc) is 2.83. The smallest absolute Gasteiger partial charge is 0.0892 e. The molecule has 2 heterocycles. The summed E-state index contributed by atoms with van der Waals surface area (Å²) in [6.45, 7) is 15.2. The SMILES string of the molecule is C=Cc1ccnc(-c2cc(/C=C/c3ccc(N(CCC(C)C)CCC(C)C)cc3)ccn2)c1. The molecule has 0 aliphatic heterocycles. The van der Waals surface area contributed by atoms with Gasteiger partial charge in [0, 0.05) is 31.2 Å². The molecule has 2 aromatic heterocycles. The third kappa shape index (κ3) is 7.71. The predicted octanol–water partition coefficient (Wildman–Crippen LogP) is 7.86. The Balaban J connectivity index is 1.72. The fourth-order valence-electron chi connectivity index (χ4n) is 3.59. The maximum absolute atomic E-state index is 4.49. The van der Waals surface area contributed by atoms with Crippen molar-refractivity contribution in [3.63, 3.8) is 0 Å². The van der Waals surface area contributed by atoms with Crippen LogP contribution in [0.3, 0.4) is 0 Å². The molecule has 3 rings (SSSR count). The van der Waals surface area contributed by atoms with E-state index in [0.717, 1.165) is 35.6 Å². The fraction of sp³-hybridized carbons (Fsp3) is 0.333. The van der Waals surface area contributed by atoms with Gasteiger partial charge in [-0.2, -0.15) is 0 Å². The third-order valence-corrected chi connectivity index (χ3v) is 5.75. The Morgan fingerprint density at radius 2 is 1.24 bits per heavy atom. The highest BCUT2D eigenvalue weighted by molar-refractivity contribution is 5.72. The second kappa shape index (κ2) is 12.2. The Labute approximate surface area is 199 Å². The van der Waals surface area contributed by atoms with Crippen molar-refractivity contribution in [3.05, 3.63) is 84.2 Å². The van der Waals surface area contributed by atoms with E-state index < -0.39 is 0 Å². The van der Waals surface area contributed by atoms with Crippen molar-refractivity contribution in [1.82, 2.24) is 9.97 Å². The first-order chi connectivity index (χ1) is 15.9. The van der Waals surface area contributed by atoms with Crippen LogP contribution >= 0.6 is 0 Å². The number of benzene rings is 1. The van der Waals surface area contributed by atoms with Crippen molar-refractivity contribution in [2.45, 2.75) is 40.5 Å². The van der Waals surface area contributed by atoms with E-state index in [0.29, 0.717) is 11.8 Å². The first kappa shape index (κ1) is 24.4. The summed E-state index contributed by atoms with van der Waals surface area (Å²) in [5, 5.41) is 0. The topological polar surface area (TPSA) is 29.0 Å². The van der Waals surface area contributed by atoms with Crippen LogP contribution in [-0.4, -0.2) is 23.1 Å². The van der Waals surface area contributed by atoms with Gasteiger partial charge in [0.2, 0.25) is 0 Å². The Hall–Kier alpha value is -3.20. The minimum Gasteiger partial charge on any atom is -0.372 e. The second-order valence-corrected chi connectivity index (χ2v) is 9.43. The van der Waals surface area contributed by atoms with E-state index in [2.05, 4.69) is 91.6 Å². The summed E-state index contributed by atoms with van der Waals surface area (Å²) < 4.78 is 0. The van der Waals surface area contributed by atoms with E-state index in [1.54, 1.807) is 6.20 Å². The molecule has 0 aliphatic rings. The van der Waals surface area contributed by atoms with Gasteiger partial charge in [0.1, 0.15) is 0 Å². The summed E-state index contributed by atoms with van der Waals surface area (Å²) in [6.07, 6.45) is 12.2. The normalized spacial score (nSPS) is 11.5. The quantitative estimate of drug-likeness (QED) is 0.304. The van der Waals surface area contributed by atoms with Gasteiger partial charge in [0.15, 0.2) is 0 Å².